The fourth-order valence-electron chi connectivity index (χ4n) is 4.28. The van der Waals surface area contributed by atoms with Crippen LogP contribution in [0, 0.1) is 0 Å². The molecule has 2 heterocycles. The number of aromatic amines is 1. The number of aromatic nitrogens is 1. The standard InChI is InChI=1S/C22H35N3.ClH/c1-16(2)19-15-20(18-11-7-5-8-12-18)24-21(19)22(23-17(3)4)25-13-9-6-10-14-25;/h15,18,24H,5-14H2,1-4H3;1H/b22-21-;. The molecule has 3 rings (SSSR count). The van der Waals surface area contributed by atoms with Crippen LogP contribution in [0.1, 0.15) is 90.7 Å². The molecule has 0 atom stereocenters. The Kier molecular flexibility index (Phi) is 7.82. The Bertz CT molecular complexity index is 724. The van der Waals surface area contributed by atoms with Crippen molar-refractivity contribution in [3.8, 4) is 0 Å². The highest BCUT2D eigenvalue weighted by Gasteiger charge is 2.19. The van der Waals surface area contributed by atoms with Crippen LogP contribution in [-0.4, -0.2) is 28.7 Å². The summed E-state index contributed by atoms with van der Waals surface area (Å²) in [5.41, 5.74) is 3.95. The van der Waals surface area contributed by atoms with Crippen molar-refractivity contribution in [1.82, 2.24) is 9.88 Å². The molecule has 3 nitrogen and oxygen atoms in total. The van der Waals surface area contributed by atoms with E-state index >= 15 is 0 Å². The van der Waals surface area contributed by atoms with E-state index in [0.29, 0.717) is 5.92 Å². The van der Waals surface area contributed by atoms with Crippen LogP contribution in [0.4, 0.5) is 0 Å². The first kappa shape index (κ1) is 21.1. The molecule has 1 aromatic heterocycles. The van der Waals surface area contributed by atoms with Crippen molar-refractivity contribution in [2.75, 3.05) is 13.1 Å². The molecule has 2 fully saturated rings. The quantitative estimate of drug-likeness (QED) is 0.760. The van der Waals surface area contributed by atoms with Crippen LogP contribution in [0.25, 0.3) is 11.4 Å². The third-order valence-corrected chi connectivity index (χ3v) is 5.63. The summed E-state index contributed by atoms with van der Waals surface area (Å²) in [7, 11) is 0. The van der Waals surface area contributed by atoms with Crippen molar-refractivity contribution in [2.45, 2.75) is 85.0 Å². The van der Waals surface area contributed by atoms with Gasteiger partial charge in [-0.1, -0.05) is 24.8 Å². The molecule has 26 heavy (non-hydrogen) atoms. The minimum atomic E-state index is 0. The van der Waals surface area contributed by atoms with E-state index in [4.69, 9.17) is 4.99 Å². The van der Waals surface area contributed by atoms with E-state index in [0.717, 1.165) is 24.6 Å². The van der Waals surface area contributed by atoms with Crippen molar-refractivity contribution in [2.24, 2.45) is 4.99 Å². The van der Waals surface area contributed by atoms with E-state index in [2.05, 4.69) is 43.6 Å². The average molecular weight is 378 g/mol. The molecule has 1 saturated carbocycles. The molecular weight excluding hydrogens is 342 g/mol. The zero-order chi connectivity index (χ0) is 17.8. The second-order valence-corrected chi connectivity index (χ2v) is 8.28. The third-order valence-electron chi connectivity index (χ3n) is 5.63. The zero-order valence-corrected chi connectivity index (χ0v) is 17.8. The summed E-state index contributed by atoms with van der Waals surface area (Å²) in [5.74, 6) is 1.87. The molecule has 0 amide bonds. The second-order valence-electron chi connectivity index (χ2n) is 8.28. The zero-order valence-electron chi connectivity index (χ0n) is 17.0. The van der Waals surface area contributed by atoms with Crippen LogP contribution in [0.15, 0.2) is 11.1 Å². The van der Waals surface area contributed by atoms with Gasteiger partial charge in [-0.3, -0.25) is 0 Å². The number of hydrogen-bond acceptors (Lipinski definition) is 2. The van der Waals surface area contributed by atoms with E-state index in [-0.39, 0.29) is 12.4 Å². The number of aliphatic imine (C=N–C) groups is 1. The molecule has 0 radical (unpaired) electrons. The Morgan fingerprint density at radius 1 is 0.962 bits per heavy atom. The number of nitrogens with zero attached hydrogens (tertiary/aromatic N) is 2. The summed E-state index contributed by atoms with van der Waals surface area (Å²) in [4.78, 5) is 11.3. The van der Waals surface area contributed by atoms with Crippen molar-refractivity contribution < 1.29 is 0 Å². The topological polar surface area (TPSA) is 31.4 Å². The van der Waals surface area contributed by atoms with Crippen molar-refractivity contribution >= 4 is 29.5 Å². The Hall–Kier alpha value is -1.22. The monoisotopic (exact) mass is 377 g/mol. The summed E-state index contributed by atoms with van der Waals surface area (Å²) >= 11 is 0. The normalized spacial score (nSPS) is 19.6. The summed E-state index contributed by atoms with van der Waals surface area (Å²) < 4.78 is 0. The van der Waals surface area contributed by atoms with E-state index in [9.17, 15) is 0 Å². The second kappa shape index (κ2) is 9.64. The van der Waals surface area contributed by atoms with Gasteiger partial charge in [0, 0.05) is 29.7 Å². The number of H-pyrrole nitrogens is 1. The number of hydrogen-bond donors (Lipinski definition) is 1. The molecule has 1 aliphatic heterocycles. The van der Waals surface area contributed by atoms with Gasteiger partial charge < -0.3 is 9.88 Å². The van der Waals surface area contributed by atoms with Crippen LogP contribution >= 0.6 is 12.4 Å². The SMILES string of the molecule is CC(C)=N/C(=c1/[nH]c(C2CCCCC2)cc1=C(C)C)N1CCCCC1.Cl. The predicted molar refractivity (Wildman–Crippen MR) is 115 cm³/mol. The van der Waals surface area contributed by atoms with Crippen LogP contribution in [0.2, 0.25) is 0 Å². The predicted octanol–water partition coefficient (Wildman–Crippen LogP) is 4.71. The maximum Gasteiger partial charge on any atom is 0.152 e. The molecule has 0 spiro atoms. The Balaban J connectivity index is 0.00000243. The number of likely N-dealkylation sites (tertiary alicyclic amines) is 1. The molecule has 1 aromatic rings. The highest BCUT2D eigenvalue weighted by Crippen LogP contribution is 2.30. The van der Waals surface area contributed by atoms with Crippen molar-refractivity contribution in [3.05, 3.63) is 22.3 Å². The maximum absolute atomic E-state index is 4.99. The molecule has 1 aliphatic carbocycles. The van der Waals surface area contributed by atoms with Gasteiger partial charge in [-0.2, -0.15) is 0 Å². The smallest absolute Gasteiger partial charge is 0.152 e. The lowest BCUT2D eigenvalue weighted by Gasteiger charge is -2.28. The number of halogens is 1. The highest BCUT2D eigenvalue weighted by atomic mass is 35.5. The van der Waals surface area contributed by atoms with E-state index < -0.39 is 0 Å². The van der Waals surface area contributed by atoms with Gasteiger partial charge in [0.1, 0.15) is 0 Å². The first-order valence-corrected chi connectivity index (χ1v) is 10.2. The molecule has 0 bridgehead atoms. The number of nitrogens with one attached hydrogen (secondary N) is 1. The Labute approximate surface area is 165 Å². The van der Waals surface area contributed by atoms with Gasteiger partial charge >= 0.3 is 0 Å². The summed E-state index contributed by atoms with van der Waals surface area (Å²) in [6.45, 7) is 10.9. The van der Waals surface area contributed by atoms with E-state index in [1.165, 1.54) is 73.2 Å². The van der Waals surface area contributed by atoms with E-state index in [1.807, 2.05) is 0 Å². The fourth-order valence-corrected chi connectivity index (χ4v) is 4.28. The van der Waals surface area contributed by atoms with Crippen LogP contribution in [0.5, 0.6) is 0 Å². The van der Waals surface area contributed by atoms with Crippen molar-refractivity contribution in [1.29, 1.82) is 0 Å². The number of rotatable bonds is 3. The van der Waals surface area contributed by atoms with Crippen molar-refractivity contribution in [3.63, 3.8) is 0 Å². The van der Waals surface area contributed by atoms with Gasteiger partial charge in [-0.25, -0.2) is 4.99 Å². The summed E-state index contributed by atoms with van der Waals surface area (Å²) in [6, 6.07) is 2.42. The third kappa shape index (κ3) is 4.94. The highest BCUT2D eigenvalue weighted by molar-refractivity contribution is 5.85. The first-order chi connectivity index (χ1) is 12.1. The average Bonchev–Trinajstić information content (AvgIpc) is 3.06. The number of piperidine rings is 1. The molecular formula is C22H36ClN3. The largest absolute Gasteiger partial charge is 0.355 e. The van der Waals surface area contributed by atoms with Crippen LogP contribution < -0.4 is 10.6 Å². The van der Waals surface area contributed by atoms with Gasteiger partial charge in [-0.15, -0.1) is 12.4 Å². The minimum absolute atomic E-state index is 0. The van der Waals surface area contributed by atoms with Crippen LogP contribution in [-0.2, 0) is 0 Å². The lowest BCUT2D eigenvalue weighted by molar-refractivity contribution is 0.319. The molecule has 0 unspecified atom stereocenters. The lowest BCUT2D eigenvalue weighted by Crippen LogP contribution is -2.37. The Morgan fingerprint density at radius 2 is 1.58 bits per heavy atom. The van der Waals surface area contributed by atoms with Gasteiger partial charge in [0.25, 0.3) is 0 Å². The summed E-state index contributed by atoms with van der Waals surface area (Å²) in [5, 5.41) is 2.62. The molecule has 1 N–H and O–H groups in total. The molecule has 4 heteroatoms. The fraction of sp³-hybridized carbons (Fsp3) is 0.682. The van der Waals surface area contributed by atoms with Gasteiger partial charge in [-0.05, 0) is 71.8 Å². The summed E-state index contributed by atoms with van der Waals surface area (Å²) in [6.07, 6.45) is 10.7. The minimum Gasteiger partial charge on any atom is -0.355 e. The molecule has 2 aliphatic rings. The molecule has 1 saturated heterocycles. The van der Waals surface area contributed by atoms with Gasteiger partial charge in [0.05, 0.1) is 5.35 Å². The maximum atomic E-state index is 4.99. The van der Waals surface area contributed by atoms with Gasteiger partial charge in [0.2, 0.25) is 0 Å². The van der Waals surface area contributed by atoms with Crippen LogP contribution in [0.3, 0.4) is 0 Å². The first-order valence-electron chi connectivity index (χ1n) is 10.2. The molecule has 146 valence electrons. The lowest BCUT2D eigenvalue weighted by atomic mass is 9.87. The van der Waals surface area contributed by atoms with Gasteiger partial charge in [0.15, 0.2) is 5.82 Å². The van der Waals surface area contributed by atoms with E-state index in [1.54, 1.807) is 0 Å². The Morgan fingerprint density at radius 3 is 2.15 bits per heavy atom. The molecule has 0 aromatic carbocycles.